The van der Waals surface area contributed by atoms with E-state index in [4.69, 9.17) is 0 Å². The largest absolute Gasteiger partial charge is 0.305 e. The van der Waals surface area contributed by atoms with Crippen molar-refractivity contribution < 1.29 is 8.42 Å². The number of benzene rings is 2. The smallest absolute Gasteiger partial charge is 0.229 e. The molecule has 1 saturated heterocycles. The van der Waals surface area contributed by atoms with Crippen molar-refractivity contribution in [3.63, 3.8) is 0 Å². The molecular formula is C21H26N4O2S. The summed E-state index contributed by atoms with van der Waals surface area (Å²) < 4.78 is 25.1. The van der Waals surface area contributed by atoms with E-state index in [2.05, 4.69) is 33.7 Å². The molecule has 0 radical (unpaired) electrons. The molecule has 7 heteroatoms. The number of hydrogen-bond donors (Lipinski definition) is 1. The maximum Gasteiger partial charge on any atom is 0.229 e. The number of nitrogens with zero attached hydrogens (tertiary/aromatic N) is 3. The number of anilines is 1. The van der Waals surface area contributed by atoms with Gasteiger partial charge in [0.15, 0.2) is 0 Å². The fourth-order valence-corrected chi connectivity index (χ4v) is 4.05. The van der Waals surface area contributed by atoms with Crippen molar-refractivity contribution in [1.82, 2.24) is 9.80 Å². The molecule has 6 nitrogen and oxygen atoms in total. The Balaban J connectivity index is 1.77. The topological polar surface area (TPSA) is 76.4 Å². The van der Waals surface area contributed by atoms with Crippen LogP contribution in [0.15, 0.2) is 42.5 Å². The van der Waals surface area contributed by atoms with E-state index in [1.807, 2.05) is 24.3 Å². The molecule has 0 saturated carbocycles. The molecule has 2 aromatic rings. The van der Waals surface area contributed by atoms with Gasteiger partial charge in [-0.15, -0.1) is 0 Å². The summed E-state index contributed by atoms with van der Waals surface area (Å²) in [6.07, 6.45) is 2.28. The zero-order chi connectivity index (χ0) is 20.1. The number of rotatable bonds is 5. The van der Waals surface area contributed by atoms with Crippen LogP contribution < -0.4 is 4.72 Å². The van der Waals surface area contributed by atoms with Crippen LogP contribution in [0.2, 0.25) is 0 Å². The molecule has 0 aromatic heterocycles. The van der Waals surface area contributed by atoms with Crippen molar-refractivity contribution in [2.45, 2.75) is 13.0 Å². The third-order valence-corrected chi connectivity index (χ3v) is 5.53. The SMILES string of the molecule is CN1CCCN(Cc2ccc(-c3ccc(NS(C)(=O)=O)cc3)c(C#N)c2)CC1. The Bertz CT molecular complexity index is 965. The molecule has 0 amide bonds. The highest BCUT2D eigenvalue weighted by Gasteiger charge is 2.14. The summed E-state index contributed by atoms with van der Waals surface area (Å²) in [6, 6.07) is 15.4. The molecule has 1 aliphatic heterocycles. The van der Waals surface area contributed by atoms with Crippen molar-refractivity contribution in [1.29, 1.82) is 5.26 Å². The van der Waals surface area contributed by atoms with Crippen LogP contribution in [0.25, 0.3) is 11.1 Å². The van der Waals surface area contributed by atoms with Gasteiger partial charge in [0.1, 0.15) is 0 Å². The van der Waals surface area contributed by atoms with E-state index in [1.54, 1.807) is 12.1 Å². The van der Waals surface area contributed by atoms with Gasteiger partial charge in [0.05, 0.1) is 17.9 Å². The number of likely N-dealkylation sites (N-methyl/N-ethyl adjacent to an activating group) is 1. The molecule has 0 spiro atoms. The van der Waals surface area contributed by atoms with Crippen LogP contribution in [0.1, 0.15) is 17.5 Å². The fourth-order valence-electron chi connectivity index (χ4n) is 3.48. The highest BCUT2D eigenvalue weighted by Crippen LogP contribution is 2.26. The van der Waals surface area contributed by atoms with Gasteiger partial charge in [-0.05, 0) is 61.4 Å². The van der Waals surface area contributed by atoms with Crippen molar-refractivity contribution in [3.05, 3.63) is 53.6 Å². The van der Waals surface area contributed by atoms with Crippen LogP contribution in [-0.2, 0) is 16.6 Å². The van der Waals surface area contributed by atoms with Crippen LogP contribution in [0.4, 0.5) is 5.69 Å². The van der Waals surface area contributed by atoms with E-state index in [0.29, 0.717) is 11.3 Å². The minimum atomic E-state index is -3.30. The zero-order valence-corrected chi connectivity index (χ0v) is 17.2. The number of nitriles is 1. The molecule has 0 unspecified atom stereocenters. The highest BCUT2D eigenvalue weighted by molar-refractivity contribution is 7.92. The quantitative estimate of drug-likeness (QED) is 0.838. The van der Waals surface area contributed by atoms with Gasteiger partial charge < -0.3 is 4.90 Å². The molecule has 3 rings (SSSR count). The molecule has 1 fully saturated rings. The lowest BCUT2D eigenvalue weighted by Gasteiger charge is -2.20. The maximum atomic E-state index is 11.3. The average Bonchev–Trinajstić information content (AvgIpc) is 2.85. The molecule has 1 heterocycles. The van der Waals surface area contributed by atoms with E-state index < -0.39 is 10.0 Å². The van der Waals surface area contributed by atoms with Crippen molar-refractivity contribution >= 4 is 15.7 Å². The third-order valence-electron chi connectivity index (χ3n) is 4.92. The fraction of sp³-hybridized carbons (Fsp3) is 0.381. The predicted molar refractivity (Wildman–Crippen MR) is 112 cm³/mol. The first-order valence-corrected chi connectivity index (χ1v) is 11.3. The minimum absolute atomic E-state index is 0.507. The molecule has 1 aliphatic rings. The van der Waals surface area contributed by atoms with Gasteiger partial charge in [0.2, 0.25) is 10.0 Å². The predicted octanol–water partition coefficient (Wildman–Crippen LogP) is 2.73. The van der Waals surface area contributed by atoms with E-state index in [0.717, 1.165) is 62.1 Å². The summed E-state index contributed by atoms with van der Waals surface area (Å²) in [5.74, 6) is 0. The Hall–Kier alpha value is -2.40. The van der Waals surface area contributed by atoms with Gasteiger partial charge in [-0.25, -0.2) is 8.42 Å². The molecule has 148 valence electrons. The zero-order valence-electron chi connectivity index (χ0n) is 16.4. The second-order valence-electron chi connectivity index (χ2n) is 7.38. The van der Waals surface area contributed by atoms with E-state index in [9.17, 15) is 13.7 Å². The number of hydrogen-bond acceptors (Lipinski definition) is 5. The lowest BCUT2D eigenvalue weighted by molar-refractivity contribution is 0.269. The Kier molecular flexibility index (Phi) is 6.35. The van der Waals surface area contributed by atoms with Crippen LogP contribution in [0.5, 0.6) is 0 Å². The Labute approximate surface area is 167 Å². The maximum absolute atomic E-state index is 11.3. The lowest BCUT2D eigenvalue weighted by atomic mass is 9.98. The molecular weight excluding hydrogens is 372 g/mol. The lowest BCUT2D eigenvalue weighted by Crippen LogP contribution is -2.28. The normalized spacial score (nSPS) is 16.3. The van der Waals surface area contributed by atoms with Gasteiger partial charge in [0.25, 0.3) is 0 Å². The molecule has 28 heavy (non-hydrogen) atoms. The first-order valence-electron chi connectivity index (χ1n) is 9.36. The minimum Gasteiger partial charge on any atom is -0.305 e. The molecule has 2 aromatic carbocycles. The van der Waals surface area contributed by atoms with Gasteiger partial charge in [-0.1, -0.05) is 24.3 Å². The molecule has 1 N–H and O–H groups in total. The van der Waals surface area contributed by atoms with Gasteiger partial charge in [0, 0.05) is 25.3 Å². The van der Waals surface area contributed by atoms with E-state index in [1.165, 1.54) is 0 Å². The van der Waals surface area contributed by atoms with Crippen molar-refractivity contribution in [3.8, 4) is 17.2 Å². The average molecular weight is 399 g/mol. The van der Waals surface area contributed by atoms with Crippen LogP contribution in [-0.4, -0.2) is 57.7 Å². The van der Waals surface area contributed by atoms with E-state index >= 15 is 0 Å². The monoisotopic (exact) mass is 398 g/mol. The highest BCUT2D eigenvalue weighted by atomic mass is 32.2. The van der Waals surface area contributed by atoms with Crippen LogP contribution in [0, 0.1) is 11.3 Å². The van der Waals surface area contributed by atoms with Crippen LogP contribution >= 0.6 is 0 Å². The summed E-state index contributed by atoms with van der Waals surface area (Å²) in [5.41, 5.74) is 4.02. The second-order valence-corrected chi connectivity index (χ2v) is 9.12. The summed E-state index contributed by atoms with van der Waals surface area (Å²) >= 11 is 0. The summed E-state index contributed by atoms with van der Waals surface area (Å²) in [7, 11) is -1.15. The molecule has 0 atom stereocenters. The van der Waals surface area contributed by atoms with Crippen molar-refractivity contribution in [2.75, 3.05) is 44.2 Å². The summed E-state index contributed by atoms with van der Waals surface area (Å²) in [5, 5.41) is 9.64. The van der Waals surface area contributed by atoms with Crippen molar-refractivity contribution in [2.24, 2.45) is 0 Å². The summed E-state index contributed by atoms with van der Waals surface area (Å²) in [6.45, 7) is 5.15. The second kappa shape index (κ2) is 8.74. The van der Waals surface area contributed by atoms with Gasteiger partial charge >= 0.3 is 0 Å². The Morgan fingerprint density at radius 3 is 2.50 bits per heavy atom. The number of sulfonamides is 1. The Morgan fingerprint density at radius 2 is 1.82 bits per heavy atom. The molecule has 0 bridgehead atoms. The third kappa shape index (κ3) is 5.55. The van der Waals surface area contributed by atoms with Gasteiger partial charge in [-0.3, -0.25) is 9.62 Å². The number of nitrogens with one attached hydrogen (secondary N) is 1. The summed E-state index contributed by atoms with van der Waals surface area (Å²) in [4.78, 5) is 4.79. The standard InChI is InChI=1S/C21H26N4O2S/c1-24-10-3-11-25(13-12-24)16-17-4-9-21(19(14-17)15-22)18-5-7-20(8-6-18)23-28(2,26)27/h4-9,14,23H,3,10-13,16H2,1-2H3. The van der Waals surface area contributed by atoms with Gasteiger partial charge in [-0.2, -0.15) is 5.26 Å². The van der Waals surface area contributed by atoms with Crippen LogP contribution in [0.3, 0.4) is 0 Å². The first kappa shape index (κ1) is 20.3. The van der Waals surface area contributed by atoms with E-state index in [-0.39, 0.29) is 0 Å². The molecule has 0 aliphatic carbocycles. The first-order chi connectivity index (χ1) is 13.3. The Morgan fingerprint density at radius 1 is 1.07 bits per heavy atom.